The Hall–Kier alpha value is -3.19. The molecule has 0 unspecified atom stereocenters. The highest BCUT2D eigenvalue weighted by atomic mass is 35.5. The van der Waals surface area contributed by atoms with Crippen LogP contribution in [0.2, 0.25) is 5.02 Å². The van der Waals surface area contributed by atoms with Crippen LogP contribution in [-0.2, 0) is 6.54 Å². The van der Waals surface area contributed by atoms with E-state index in [0.717, 1.165) is 59.4 Å². The minimum Gasteiger partial charge on any atom is -0.353 e. The van der Waals surface area contributed by atoms with Gasteiger partial charge in [0.25, 0.3) is 0 Å². The van der Waals surface area contributed by atoms with Gasteiger partial charge in [0.15, 0.2) is 5.65 Å². The van der Waals surface area contributed by atoms with E-state index in [1.807, 2.05) is 53.5 Å². The third kappa shape index (κ3) is 3.49. The first-order valence-electron chi connectivity index (χ1n) is 9.60. The van der Waals surface area contributed by atoms with Crippen molar-refractivity contribution in [3.8, 4) is 0 Å². The number of hydrogen-bond donors (Lipinski definition) is 0. The maximum atomic E-state index is 6.32. The minimum absolute atomic E-state index is 0.576. The summed E-state index contributed by atoms with van der Waals surface area (Å²) in [7, 11) is 0. The number of rotatable bonds is 4. The lowest BCUT2D eigenvalue weighted by molar-refractivity contribution is 0.643. The molecule has 4 heterocycles. The largest absolute Gasteiger partial charge is 0.353 e. The van der Waals surface area contributed by atoms with E-state index in [1.54, 1.807) is 6.33 Å². The van der Waals surface area contributed by atoms with E-state index in [9.17, 15) is 0 Å². The minimum atomic E-state index is 0.576. The van der Waals surface area contributed by atoms with E-state index < -0.39 is 0 Å². The molecule has 1 aromatic carbocycles. The van der Waals surface area contributed by atoms with Gasteiger partial charge >= 0.3 is 0 Å². The van der Waals surface area contributed by atoms with E-state index in [0.29, 0.717) is 6.54 Å². The van der Waals surface area contributed by atoms with Gasteiger partial charge in [0.05, 0.1) is 18.1 Å². The van der Waals surface area contributed by atoms with Gasteiger partial charge < -0.3 is 9.80 Å². The van der Waals surface area contributed by atoms with Crippen LogP contribution in [0, 0.1) is 0 Å². The molecule has 8 heteroatoms. The Labute approximate surface area is 173 Å². The second-order valence-corrected chi connectivity index (χ2v) is 7.40. The van der Waals surface area contributed by atoms with E-state index in [1.165, 1.54) is 0 Å². The van der Waals surface area contributed by atoms with E-state index in [-0.39, 0.29) is 0 Å². The molecule has 1 aliphatic rings. The number of halogens is 1. The summed E-state index contributed by atoms with van der Waals surface area (Å²) in [5.74, 6) is 1.95. The van der Waals surface area contributed by atoms with Crippen molar-refractivity contribution in [2.45, 2.75) is 6.54 Å². The van der Waals surface area contributed by atoms with Crippen molar-refractivity contribution < 1.29 is 0 Å². The quantitative estimate of drug-likeness (QED) is 0.519. The van der Waals surface area contributed by atoms with Gasteiger partial charge in [-0.05, 0) is 23.8 Å². The average Bonchev–Trinajstić information content (AvgIpc) is 3.19. The molecule has 3 aromatic heterocycles. The average molecular weight is 406 g/mol. The smallest absolute Gasteiger partial charge is 0.163 e. The number of hydrogen-bond acceptors (Lipinski definition) is 6. The van der Waals surface area contributed by atoms with Crippen molar-refractivity contribution in [2.75, 3.05) is 36.0 Å². The molecule has 7 nitrogen and oxygen atoms in total. The van der Waals surface area contributed by atoms with Gasteiger partial charge in [-0.25, -0.2) is 19.6 Å². The molecule has 4 aromatic rings. The lowest BCUT2D eigenvalue weighted by atomic mass is 10.2. The molecule has 0 saturated carbocycles. The molecular formula is C21H20ClN7. The van der Waals surface area contributed by atoms with E-state index in [4.69, 9.17) is 11.6 Å². The van der Waals surface area contributed by atoms with E-state index >= 15 is 0 Å². The molecule has 5 rings (SSSR count). The van der Waals surface area contributed by atoms with Crippen LogP contribution < -0.4 is 9.80 Å². The third-order valence-corrected chi connectivity index (χ3v) is 5.61. The lowest BCUT2D eigenvalue weighted by Crippen LogP contribution is -2.47. The van der Waals surface area contributed by atoms with Gasteiger partial charge in [0.1, 0.15) is 18.0 Å². The fourth-order valence-electron chi connectivity index (χ4n) is 3.72. The summed E-state index contributed by atoms with van der Waals surface area (Å²) in [6.45, 7) is 4.12. The van der Waals surface area contributed by atoms with Crippen molar-refractivity contribution >= 4 is 34.3 Å². The van der Waals surface area contributed by atoms with Crippen LogP contribution in [0.3, 0.4) is 0 Å². The molecule has 0 atom stereocenters. The van der Waals surface area contributed by atoms with E-state index in [2.05, 4.69) is 35.9 Å². The number of fused-ring (bicyclic) bond motifs is 1. The summed E-state index contributed by atoms with van der Waals surface area (Å²) >= 11 is 6.32. The van der Waals surface area contributed by atoms with Crippen LogP contribution in [0.1, 0.15) is 5.56 Å². The first-order valence-corrected chi connectivity index (χ1v) is 9.98. The lowest BCUT2D eigenvalue weighted by Gasteiger charge is -2.36. The van der Waals surface area contributed by atoms with Crippen LogP contribution in [0.25, 0.3) is 11.0 Å². The number of benzene rings is 1. The first kappa shape index (κ1) is 17.9. The molecule has 146 valence electrons. The molecular weight excluding hydrogens is 386 g/mol. The van der Waals surface area contributed by atoms with Crippen LogP contribution in [0.4, 0.5) is 11.6 Å². The Kier molecular flexibility index (Phi) is 4.73. The summed E-state index contributed by atoms with van der Waals surface area (Å²) in [5, 5.41) is 6.25. The molecule has 1 fully saturated rings. The summed E-state index contributed by atoms with van der Waals surface area (Å²) in [4.78, 5) is 18.1. The molecule has 0 radical (unpaired) electrons. The summed E-state index contributed by atoms with van der Waals surface area (Å²) in [5.41, 5.74) is 1.84. The van der Waals surface area contributed by atoms with Crippen molar-refractivity contribution in [1.29, 1.82) is 0 Å². The maximum absolute atomic E-state index is 6.32. The molecule has 1 saturated heterocycles. The molecule has 0 amide bonds. The highest BCUT2D eigenvalue weighted by Gasteiger charge is 2.22. The Morgan fingerprint density at radius 2 is 1.66 bits per heavy atom. The molecule has 0 aliphatic carbocycles. The standard InChI is InChI=1S/C21H20ClN7/c22-18-6-2-1-5-16(18)14-29-21-17(13-26-29)20(24-15-25-21)28-11-9-27(10-12-28)19-7-3-4-8-23-19/h1-8,13,15H,9-12,14H2. The number of aromatic nitrogens is 5. The summed E-state index contributed by atoms with van der Waals surface area (Å²) < 4.78 is 1.88. The van der Waals surface area contributed by atoms with Crippen LogP contribution in [0.15, 0.2) is 61.2 Å². The third-order valence-electron chi connectivity index (χ3n) is 5.24. The Morgan fingerprint density at radius 1 is 0.862 bits per heavy atom. The fourth-order valence-corrected chi connectivity index (χ4v) is 3.92. The first-order chi connectivity index (χ1) is 14.3. The van der Waals surface area contributed by atoms with Crippen molar-refractivity contribution in [3.05, 3.63) is 71.8 Å². The number of anilines is 2. The van der Waals surface area contributed by atoms with Crippen molar-refractivity contribution in [1.82, 2.24) is 24.7 Å². The van der Waals surface area contributed by atoms with Gasteiger partial charge in [-0.1, -0.05) is 35.9 Å². The molecule has 1 aliphatic heterocycles. The Morgan fingerprint density at radius 3 is 2.45 bits per heavy atom. The van der Waals surface area contributed by atoms with Crippen LogP contribution in [0.5, 0.6) is 0 Å². The zero-order valence-electron chi connectivity index (χ0n) is 15.8. The maximum Gasteiger partial charge on any atom is 0.163 e. The zero-order valence-corrected chi connectivity index (χ0v) is 16.6. The predicted octanol–water partition coefficient (Wildman–Crippen LogP) is 3.25. The molecule has 0 bridgehead atoms. The Bertz CT molecular complexity index is 1120. The topological polar surface area (TPSA) is 63.0 Å². The molecule has 0 N–H and O–H groups in total. The van der Waals surface area contributed by atoms with Gasteiger partial charge in [-0.15, -0.1) is 0 Å². The Balaban J connectivity index is 1.38. The normalized spacial score (nSPS) is 14.5. The number of nitrogens with zero attached hydrogens (tertiary/aromatic N) is 7. The van der Waals surface area contributed by atoms with Crippen LogP contribution >= 0.6 is 11.6 Å². The molecule has 0 spiro atoms. The van der Waals surface area contributed by atoms with Crippen molar-refractivity contribution in [3.63, 3.8) is 0 Å². The summed E-state index contributed by atoms with van der Waals surface area (Å²) in [6.07, 6.45) is 5.31. The SMILES string of the molecule is Clc1ccccc1Cn1ncc2c(N3CCN(c4ccccn4)CC3)ncnc21. The molecule has 29 heavy (non-hydrogen) atoms. The fraction of sp³-hybridized carbons (Fsp3) is 0.238. The highest BCUT2D eigenvalue weighted by Crippen LogP contribution is 2.26. The van der Waals surface area contributed by atoms with Crippen LogP contribution in [-0.4, -0.2) is 50.9 Å². The number of piperazine rings is 1. The summed E-state index contributed by atoms with van der Waals surface area (Å²) in [6, 6.07) is 13.8. The van der Waals surface area contributed by atoms with Crippen molar-refractivity contribution in [2.24, 2.45) is 0 Å². The highest BCUT2D eigenvalue weighted by molar-refractivity contribution is 6.31. The van der Waals surface area contributed by atoms with Gasteiger partial charge in [-0.2, -0.15) is 5.10 Å². The van der Waals surface area contributed by atoms with Gasteiger partial charge in [-0.3, -0.25) is 0 Å². The zero-order chi connectivity index (χ0) is 19.6. The van der Waals surface area contributed by atoms with Gasteiger partial charge in [0.2, 0.25) is 0 Å². The second kappa shape index (κ2) is 7.67. The van der Waals surface area contributed by atoms with Gasteiger partial charge in [0, 0.05) is 37.4 Å². The monoisotopic (exact) mass is 405 g/mol. The predicted molar refractivity (Wildman–Crippen MR) is 115 cm³/mol. The second-order valence-electron chi connectivity index (χ2n) is 6.99. The number of pyridine rings is 1.